The molecule has 2 N–H and O–H groups in total. The summed E-state index contributed by atoms with van der Waals surface area (Å²) in [6.45, 7) is 5.43. The maximum Gasteiger partial charge on any atom is 0.233 e. The zero-order chi connectivity index (χ0) is 23.6. The van der Waals surface area contributed by atoms with Gasteiger partial charge < -0.3 is 15.0 Å². The molecule has 0 saturated heterocycles. The first kappa shape index (κ1) is 24.1. The second-order valence-electron chi connectivity index (χ2n) is 7.19. The predicted octanol–water partition coefficient (Wildman–Crippen LogP) is 3.76. The van der Waals surface area contributed by atoms with E-state index >= 15 is 0 Å². The number of ketones is 1. The zero-order valence-corrected chi connectivity index (χ0v) is 19.9. The normalized spacial score (nSPS) is 11.1. The van der Waals surface area contributed by atoms with Gasteiger partial charge in [-0.1, -0.05) is 41.9 Å². The summed E-state index contributed by atoms with van der Waals surface area (Å²) in [5, 5.41) is 0.591. The van der Waals surface area contributed by atoms with Crippen molar-refractivity contribution in [1.82, 2.24) is 14.5 Å². The second kappa shape index (κ2) is 11.9. The molecule has 0 aliphatic heterocycles. The Morgan fingerprint density at radius 2 is 1.97 bits per heavy atom. The first-order valence-corrected chi connectivity index (χ1v) is 11.7. The number of aromatic nitrogens is 3. The van der Waals surface area contributed by atoms with E-state index in [1.807, 2.05) is 30.5 Å². The highest BCUT2D eigenvalue weighted by Gasteiger charge is 2.12. The van der Waals surface area contributed by atoms with Crippen LogP contribution < -0.4 is 10.5 Å². The topological polar surface area (TPSA) is 95.4 Å². The number of thioether (sulfide) groups is 1. The smallest absolute Gasteiger partial charge is 0.233 e. The monoisotopic (exact) mass is 461 g/mol. The highest BCUT2D eigenvalue weighted by molar-refractivity contribution is 8.13. The molecule has 2 aromatic heterocycles. The fraction of sp³-hybridized carbons (Fsp3) is 0.280. The van der Waals surface area contributed by atoms with Gasteiger partial charge in [-0.15, -0.1) is 5.92 Å². The van der Waals surface area contributed by atoms with E-state index in [2.05, 4.69) is 50.4 Å². The lowest BCUT2D eigenvalue weighted by Crippen LogP contribution is -2.10. The van der Waals surface area contributed by atoms with E-state index in [9.17, 15) is 4.79 Å². The third kappa shape index (κ3) is 6.70. The number of Topliss-reactive ketones (excluding diaryl/α,β-unsaturated/α-hetero) is 1. The number of carbonyl (C=O) groups is 1. The van der Waals surface area contributed by atoms with Crippen LogP contribution in [0.1, 0.15) is 28.7 Å². The third-order valence-electron chi connectivity index (χ3n) is 5.00. The summed E-state index contributed by atoms with van der Waals surface area (Å²) >= 11 is 1.45. The van der Waals surface area contributed by atoms with Crippen LogP contribution in [0.4, 0.5) is 0 Å². The number of benzene rings is 1. The van der Waals surface area contributed by atoms with Gasteiger partial charge in [-0.05, 0) is 43.4 Å². The van der Waals surface area contributed by atoms with Crippen LogP contribution in [-0.4, -0.2) is 44.9 Å². The highest BCUT2D eigenvalue weighted by Crippen LogP contribution is 2.23. The van der Waals surface area contributed by atoms with Crippen molar-refractivity contribution in [3.8, 4) is 29.0 Å². The summed E-state index contributed by atoms with van der Waals surface area (Å²) in [7, 11) is 0. The Balaban J connectivity index is 1.65. The summed E-state index contributed by atoms with van der Waals surface area (Å²) in [4.78, 5) is 25.3. The number of aliphatic imine (C=N–C) groups is 1. The Hall–Kier alpha value is -3.57. The van der Waals surface area contributed by atoms with Crippen LogP contribution in [0.15, 0.2) is 53.8 Å². The Kier molecular flexibility index (Phi) is 8.67. The fourth-order valence-corrected chi connectivity index (χ4v) is 3.45. The molecule has 0 aliphatic carbocycles. The molecule has 0 radical (unpaired) electrons. The number of carbonyl (C=O) groups excluding carboxylic acids is 1. The van der Waals surface area contributed by atoms with Crippen molar-refractivity contribution in [3.63, 3.8) is 0 Å². The van der Waals surface area contributed by atoms with E-state index in [0.29, 0.717) is 23.3 Å². The van der Waals surface area contributed by atoms with Crippen LogP contribution >= 0.6 is 11.8 Å². The molecular formula is C25H27N5O2S. The van der Waals surface area contributed by atoms with Crippen molar-refractivity contribution in [3.05, 3.63) is 65.7 Å². The van der Waals surface area contributed by atoms with Gasteiger partial charge in [-0.3, -0.25) is 9.79 Å². The summed E-state index contributed by atoms with van der Waals surface area (Å²) in [6.07, 6.45) is 5.05. The minimum atomic E-state index is -0.0985. The van der Waals surface area contributed by atoms with Gasteiger partial charge in [0.2, 0.25) is 5.88 Å². The molecule has 1 aromatic carbocycles. The molecule has 0 fully saturated rings. The molecule has 3 rings (SSSR count). The number of aryl methyl sites for hydroxylation is 1. The van der Waals surface area contributed by atoms with Gasteiger partial charge in [-0.25, -0.2) is 9.97 Å². The molecule has 3 aromatic rings. The first-order valence-electron chi connectivity index (χ1n) is 10.5. The van der Waals surface area contributed by atoms with Crippen LogP contribution in [-0.2, 0) is 13.0 Å². The quantitative estimate of drug-likeness (QED) is 0.226. The molecule has 0 atom stereocenters. The molecule has 0 bridgehead atoms. The van der Waals surface area contributed by atoms with Gasteiger partial charge in [0, 0.05) is 24.4 Å². The van der Waals surface area contributed by atoms with Crippen molar-refractivity contribution in [2.45, 2.75) is 26.8 Å². The van der Waals surface area contributed by atoms with Crippen molar-refractivity contribution in [1.29, 1.82) is 0 Å². The number of nitrogens with zero attached hydrogens (tertiary/aromatic N) is 4. The predicted molar refractivity (Wildman–Crippen MR) is 134 cm³/mol. The van der Waals surface area contributed by atoms with Crippen LogP contribution in [0.2, 0.25) is 0 Å². The summed E-state index contributed by atoms with van der Waals surface area (Å²) < 4.78 is 7.56. The second-order valence-corrected chi connectivity index (χ2v) is 8.01. The Labute approximate surface area is 198 Å². The van der Waals surface area contributed by atoms with Crippen LogP contribution in [0.5, 0.6) is 5.88 Å². The molecule has 0 spiro atoms. The molecule has 33 heavy (non-hydrogen) atoms. The van der Waals surface area contributed by atoms with Crippen molar-refractivity contribution >= 4 is 22.7 Å². The number of amidine groups is 1. The minimum Gasteiger partial charge on any atom is -0.463 e. The summed E-state index contributed by atoms with van der Waals surface area (Å²) in [5.74, 6) is 5.77. The molecule has 170 valence electrons. The first-order chi connectivity index (χ1) is 16.0. The van der Waals surface area contributed by atoms with Gasteiger partial charge in [0.25, 0.3) is 0 Å². The molecule has 0 amide bonds. The standard InChI is InChI=1S/C25H27N5O2S/c1-4-5-14-32-24-17-28-21(16-29-24)23(31)15-19-7-9-20(10-8-19)22-11-6-18(2)30(22)13-12-27-25(26)33-3/h6-11,16-17H,12-15H2,1-3H3,(H2,26,27). The lowest BCUT2D eigenvalue weighted by Gasteiger charge is -2.11. The average molecular weight is 462 g/mol. The average Bonchev–Trinajstić information content (AvgIpc) is 3.20. The van der Waals surface area contributed by atoms with E-state index in [1.165, 1.54) is 24.2 Å². The number of hydrogen-bond donors (Lipinski definition) is 1. The molecule has 0 aliphatic rings. The van der Waals surface area contributed by atoms with Crippen LogP contribution in [0, 0.1) is 18.8 Å². The van der Waals surface area contributed by atoms with E-state index in [1.54, 1.807) is 6.92 Å². The fourth-order valence-electron chi connectivity index (χ4n) is 3.23. The van der Waals surface area contributed by atoms with Crippen molar-refractivity contribution < 1.29 is 9.53 Å². The molecule has 2 heterocycles. The maximum absolute atomic E-state index is 12.6. The van der Waals surface area contributed by atoms with E-state index in [-0.39, 0.29) is 18.8 Å². The lowest BCUT2D eigenvalue weighted by atomic mass is 10.0. The molecular weight excluding hydrogens is 434 g/mol. The van der Waals surface area contributed by atoms with Gasteiger partial charge in [0.1, 0.15) is 5.69 Å². The van der Waals surface area contributed by atoms with E-state index < -0.39 is 0 Å². The largest absolute Gasteiger partial charge is 0.463 e. The highest BCUT2D eigenvalue weighted by atomic mass is 32.2. The Bertz CT molecular complexity index is 1170. The van der Waals surface area contributed by atoms with Gasteiger partial charge >= 0.3 is 0 Å². The van der Waals surface area contributed by atoms with Crippen LogP contribution in [0.25, 0.3) is 11.3 Å². The summed E-state index contributed by atoms with van der Waals surface area (Å²) in [5.41, 5.74) is 10.4. The Morgan fingerprint density at radius 3 is 2.64 bits per heavy atom. The molecule has 0 saturated carbocycles. The van der Waals surface area contributed by atoms with Crippen molar-refractivity contribution in [2.75, 3.05) is 19.4 Å². The minimum absolute atomic E-state index is 0.0985. The third-order valence-corrected chi connectivity index (χ3v) is 5.54. The lowest BCUT2D eigenvalue weighted by molar-refractivity contribution is 0.0987. The molecule has 0 unspecified atom stereocenters. The zero-order valence-electron chi connectivity index (χ0n) is 19.0. The maximum atomic E-state index is 12.6. The van der Waals surface area contributed by atoms with Gasteiger partial charge in [0.05, 0.1) is 18.9 Å². The molecule has 7 nitrogen and oxygen atoms in total. The van der Waals surface area contributed by atoms with Crippen LogP contribution in [0.3, 0.4) is 0 Å². The number of nitrogens with two attached hydrogens (primary N) is 1. The van der Waals surface area contributed by atoms with E-state index in [0.717, 1.165) is 29.1 Å². The van der Waals surface area contributed by atoms with Crippen molar-refractivity contribution in [2.24, 2.45) is 10.7 Å². The molecule has 8 heteroatoms. The summed E-state index contributed by atoms with van der Waals surface area (Å²) in [6, 6.07) is 12.2. The van der Waals surface area contributed by atoms with E-state index in [4.69, 9.17) is 10.5 Å². The Morgan fingerprint density at radius 1 is 1.18 bits per heavy atom. The van der Waals surface area contributed by atoms with Gasteiger partial charge in [0.15, 0.2) is 17.6 Å². The van der Waals surface area contributed by atoms with Gasteiger partial charge in [-0.2, -0.15) is 0 Å². The number of ether oxygens (including phenoxy) is 1. The number of hydrogen-bond acceptors (Lipinski definition) is 6. The SMILES string of the molecule is CC#CCOc1cnc(C(=O)Cc2ccc(-c3ccc(C)n3CCN=C(N)SC)cc2)cn1. The number of rotatable bonds is 9.